The predicted molar refractivity (Wildman–Crippen MR) is 37.6 cm³/mol. The van der Waals surface area contributed by atoms with Gasteiger partial charge in [-0.3, -0.25) is 4.79 Å². The number of rotatable bonds is 2. The third-order valence-electron chi connectivity index (χ3n) is 0.929. The summed E-state index contributed by atoms with van der Waals surface area (Å²) >= 11 is 0. The number of hydrogen-bond donors (Lipinski definition) is 4. The first-order chi connectivity index (χ1) is 4.74. The number of hydrogen-bond acceptors (Lipinski definition) is 4. The van der Waals surface area contributed by atoms with Gasteiger partial charge in [0.1, 0.15) is 5.84 Å². The highest BCUT2D eigenvalue weighted by Crippen LogP contribution is 1.78. The Labute approximate surface area is 58.6 Å². The monoisotopic (exact) mass is 145 g/mol. The van der Waals surface area contributed by atoms with Crippen molar-refractivity contribution in [1.82, 2.24) is 10.7 Å². The molecular weight excluding hydrogens is 134 g/mol. The Morgan fingerprint density at radius 3 is 2.60 bits per heavy atom. The second kappa shape index (κ2) is 4.57. The number of hydrazone groups is 1. The molecule has 0 fully saturated rings. The second-order valence-electron chi connectivity index (χ2n) is 1.57. The van der Waals surface area contributed by atoms with Gasteiger partial charge in [-0.05, 0) is 0 Å². The highest BCUT2D eigenvalue weighted by atomic mass is 16.1. The Hall–Kier alpha value is -1.30. The van der Waals surface area contributed by atoms with E-state index in [1.807, 2.05) is 0 Å². The van der Waals surface area contributed by atoms with Crippen LogP contribution >= 0.6 is 0 Å². The highest BCUT2D eigenvalue weighted by molar-refractivity contribution is 5.99. The first-order valence-electron chi connectivity index (χ1n) is 2.68. The molecule has 0 radical (unpaired) electrons. The first-order valence-corrected chi connectivity index (χ1v) is 2.68. The maximum Gasteiger partial charge on any atom is 0.227 e. The molecule has 6 nitrogen and oxygen atoms in total. The Morgan fingerprint density at radius 1 is 1.70 bits per heavy atom. The van der Waals surface area contributed by atoms with Gasteiger partial charge >= 0.3 is 0 Å². The van der Waals surface area contributed by atoms with Crippen molar-refractivity contribution in [2.45, 2.75) is 6.42 Å². The summed E-state index contributed by atoms with van der Waals surface area (Å²) in [5, 5.41) is 5.61. The number of nitrogens with two attached hydrogens (primary N) is 2. The van der Waals surface area contributed by atoms with Crippen LogP contribution in [0.4, 0.5) is 0 Å². The summed E-state index contributed by atoms with van der Waals surface area (Å²) in [5.74, 6) is 9.85. The molecule has 0 saturated carbocycles. The lowest BCUT2D eigenvalue weighted by molar-refractivity contribution is -0.119. The topological polar surface area (TPSA) is 106 Å². The molecule has 10 heavy (non-hydrogen) atoms. The SMILES string of the molecule is CNC(=O)C/C(=N/N)NN. The molecule has 58 valence electrons. The summed E-state index contributed by atoms with van der Waals surface area (Å²) in [4.78, 5) is 10.6. The zero-order chi connectivity index (χ0) is 7.98. The molecule has 0 aromatic rings. The fraction of sp³-hybridized carbons (Fsp3) is 0.500. The van der Waals surface area contributed by atoms with E-state index in [2.05, 4.69) is 15.8 Å². The molecule has 0 aliphatic carbocycles. The lowest BCUT2D eigenvalue weighted by Crippen LogP contribution is -2.35. The molecule has 0 rings (SSSR count). The average Bonchev–Trinajstić information content (AvgIpc) is 1.99. The number of amides is 1. The van der Waals surface area contributed by atoms with Crippen LogP contribution in [0.5, 0.6) is 0 Å². The number of carbonyl (C=O) groups excluding carboxylic acids is 1. The molecule has 0 atom stereocenters. The molecule has 0 spiro atoms. The quantitative estimate of drug-likeness (QED) is 0.154. The van der Waals surface area contributed by atoms with Crippen molar-refractivity contribution in [3.05, 3.63) is 0 Å². The smallest absolute Gasteiger partial charge is 0.227 e. The summed E-state index contributed by atoms with van der Waals surface area (Å²) < 4.78 is 0. The number of nitrogens with zero attached hydrogens (tertiary/aromatic N) is 1. The van der Waals surface area contributed by atoms with E-state index in [1.165, 1.54) is 7.05 Å². The van der Waals surface area contributed by atoms with Crippen LogP contribution in [0.1, 0.15) is 6.42 Å². The van der Waals surface area contributed by atoms with Crippen LogP contribution in [0.15, 0.2) is 5.10 Å². The highest BCUT2D eigenvalue weighted by Gasteiger charge is 2.02. The summed E-state index contributed by atoms with van der Waals surface area (Å²) in [6.07, 6.45) is 0.0729. The van der Waals surface area contributed by atoms with Gasteiger partial charge in [-0.25, -0.2) is 5.84 Å². The predicted octanol–water partition coefficient (Wildman–Crippen LogP) is -2.14. The fourth-order valence-electron chi connectivity index (χ4n) is 0.374. The van der Waals surface area contributed by atoms with E-state index >= 15 is 0 Å². The van der Waals surface area contributed by atoms with Crippen LogP contribution in [-0.4, -0.2) is 18.8 Å². The lowest BCUT2D eigenvalue weighted by atomic mass is 10.4. The van der Waals surface area contributed by atoms with E-state index in [4.69, 9.17) is 11.7 Å². The van der Waals surface area contributed by atoms with Crippen LogP contribution in [0, 0.1) is 0 Å². The van der Waals surface area contributed by atoms with E-state index in [0.29, 0.717) is 0 Å². The van der Waals surface area contributed by atoms with E-state index < -0.39 is 0 Å². The molecule has 0 aliphatic heterocycles. The molecule has 1 amide bonds. The first kappa shape index (κ1) is 8.70. The van der Waals surface area contributed by atoms with Crippen molar-refractivity contribution < 1.29 is 4.79 Å². The Bertz CT molecular complexity index is 143. The van der Waals surface area contributed by atoms with Crippen LogP contribution < -0.4 is 22.4 Å². The maximum absolute atomic E-state index is 10.6. The largest absolute Gasteiger partial charge is 0.359 e. The summed E-state index contributed by atoms with van der Waals surface area (Å²) in [5.41, 5.74) is 2.18. The van der Waals surface area contributed by atoms with Gasteiger partial charge in [-0.1, -0.05) is 0 Å². The molecule has 6 N–H and O–H groups in total. The molecule has 0 aromatic heterocycles. The van der Waals surface area contributed by atoms with Gasteiger partial charge in [0.05, 0.1) is 6.42 Å². The third-order valence-corrected chi connectivity index (χ3v) is 0.929. The number of hydrazine groups is 1. The minimum absolute atomic E-state index is 0.0729. The van der Waals surface area contributed by atoms with Gasteiger partial charge in [0.2, 0.25) is 5.91 Å². The molecular formula is C4H11N5O. The standard InChI is InChI=1S/C4H11N5O/c1-7-4(10)2-3(8-5)9-6/h2,5-6H2,1H3,(H,7,10)(H,8,9). The molecule has 6 heteroatoms. The van der Waals surface area contributed by atoms with Gasteiger partial charge in [-0.15, -0.1) is 0 Å². The van der Waals surface area contributed by atoms with Crippen LogP contribution in [0.2, 0.25) is 0 Å². The maximum atomic E-state index is 10.6. The van der Waals surface area contributed by atoms with Crippen LogP contribution in [0.3, 0.4) is 0 Å². The zero-order valence-electron chi connectivity index (χ0n) is 5.72. The van der Waals surface area contributed by atoms with Crippen molar-refractivity contribution in [1.29, 1.82) is 0 Å². The summed E-state index contributed by atoms with van der Waals surface area (Å²) in [6, 6.07) is 0. The summed E-state index contributed by atoms with van der Waals surface area (Å²) in [7, 11) is 1.52. The Kier molecular flexibility index (Phi) is 3.97. The van der Waals surface area contributed by atoms with E-state index in [1.54, 1.807) is 0 Å². The molecule has 0 aromatic carbocycles. The number of carbonyl (C=O) groups is 1. The number of nitrogens with one attached hydrogen (secondary N) is 2. The van der Waals surface area contributed by atoms with Crippen molar-refractivity contribution in [2.24, 2.45) is 16.8 Å². The third kappa shape index (κ3) is 2.88. The van der Waals surface area contributed by atoms with Crippen molar-refractivity contribution in [2.75, 3.05) is 7.05 Å². The van der Waals surface area contributed by atoms with Crippen molar-refractivity contribution in [3.8, 4) is 0 Å². The van der Waals surface area contributed by atoms with Crippen molar-refractivity contribution >= 4 is 11.7 Å². The molecule has 0 heterocycles. The Morgan fingerprint density at radius 2 is 2.30 bits per heavy atom. The fourth-order valence-corrected chi connectivity index (χ4v) is 0.374. The minimum atomic E-state index is -0.192. The molecule has 0 unspecified atom stereocenters. The average molecular weight is 145 g/mol. The van der Waals surface area contributed by atoms with Gasteiger partial charge in [0, 0.05) is 7.05 Å². The van der Waals surface area contributed by atoms with Gasteiger partial charge < -0.3 is 16.6 Å². The summed E-state index contributed by atoms with van der Waals surface area (Å²) in [6.45, 7) is 0. The number of amidine groups is 1. The molecule has 0 aliphatic rings. The molecule has 0 bridgehead atoms. The Balaban J connectivity index is 3.76. The second-order valence-corrected chi connectivity index (χ2v) is 1.57. The zero-order valence-corrected chi connectivity index (χ0v) is 5.72. The van der Waals surface area contributed by atoms with E-state index in [0.717, 1.165) is 0 Å². The van der Waals surface area contributed by atoms with Crippen LogP contribution in [-0.2, 0) is 4.79 Å². The van der Waals surface area contributed by atoms with Gasteiger partial charge in [0.25, 0.3) is 0 Å². The molecule has 0 saturated heterocycles. The van der Waals surface area contributed by atoms with Crippen molar-refractivity contribution in [3.63, 3.8) is 0 Å². The normalized spacial score (nSPS) is 10.8. The van der Waals surface area contributed by atoms with E-state index in [9.17, 15) is 4.79 Å². The van der Waals surface area contributed by atoms with Crippen LogP contribution in [0.25, 0.3) is 0 Å². The minimum Gasteiger partial charge on any atom is -0.359 e. The lowest BCUT2D eigenvalue weighted by Gasteiger charge is -2.00. The van der Waals surface area contributed by atoms with Gasteiger partial charge in [0.15, 0.2) is 0 Å². The van der Waals surface area contributed by atoms with Gasteiger partial charge in [-0.2, -0.15) is 5.10 Å². The van der Waals surface area contributed by atoms with E-state index in [-0.39, 0.29) is 18.2 Å².